The van der Waals surface area contributed by atoms with Crippen molar-refractivity contribution in [2.24, 2.45) is 0 Å². The van der Waals surface area contributed by atoms with Crippen LogP contribution in [0, 0.1) is 0 Å². The first kappa shape index (κ1) is 19.3. The molecule has 1 aliphatic rings. The molecule has 0 saturated heterocycles. The number of hydrogen-bond donors (Lipinski definition) is 3. The number of carboxylic acids is 1. The zero-order chi connectivity index (χ0) is 19.0. The van der Waals surface area contributed by atoms with Crippen molar-refractivity contribution in [3.8, 4) is 5.75 Å². The summed E-state index contributed by atoms with van der Waals surface area (Å²) in [6.07, 6.45) is 2.08. The van der Waals surface area contributed by atoms with E-state index in [1.807, 2.05) is 18.2 Å². The molecular weight excluding hydrogens is 318 g/mol. The Hall–Kier alpha value is -2.01. The largest absolute Gasteiger partial charge is 0.507 e. The van der Waals surface area contributed by atoms with Gasteiger partial charge in [-0.1, -0.05) is 41.5 Å². The molecule has 138 valence electrons. The average molecular weight is 347 g/mol. The summed E-state index contributed by atoms with van der Waals surface area (Å²) < 4.78 is 0. The molecule has 5 nitrogen and oxygen atoms in total. The molecule has 0 radical (unpaired) electrons. The van der Waals surface area contributed by atoms with Crippen molar-refractivity contribution in [1.82, 2.24) is 5.48 Å². The Morgan fingerprint density at radius 1 is 1.12 bits per heavy atom. The number of aliphatic carboxylic acids is 1. The van der Waals surface area contributed by atoms with Gasteiger partial charge in [-0.15, -0.1) is 0 Å². The van der Waals surface area contributed by atoms with Crippen LogP contribution in [0.3, 0.4) is 0 Å². The molecule has 0 aliphatic carbocycles. The Labute approximate surface area is 149 Å². The molecule has 0 saturated carbocycles. The van der Waals surface area contributed by atoms with Gasteiger partial charge < -0.3 is 10.2 Å². The molecular formula is C20H29NO4. The molecule has 3 N–H and O–H groups in total. The van der Waals surface area contributed by atoms with E-state index in [2.05, 4.69) is 47.0 Å². The predicted octanol–water partition coefficient (Wildman–Crippen LogP) is 4.31. The van der Waals surface area contributed by atoms with Crippen molar-refractivity contribution in [2.45, 2.75) is 71.3 Å². The Bertz CT molecular complexity index is 658. The van der Waals surface area contributed by atoms with Crippen LogP contribution in [-0.2, 0) is 20.5 Å². The van der Waals surface area contributed by atoms with Gasteiger partial charge >= 0.3 is 5.97 Å². The second-order valence-electron chi connectivity index (χ2n) is 8.69. The topological polar surface area (TPSA) is 78.8 Å². The maximum Gasteiger partial charge on any atom is 0.303 e. The number of nitrogens with one attached hydrogen (secondary N) is 1. The highest BCUT2D eigenvalue weighted by Crippen LogP contribution is 2.42. The van der Waals surface area contributed by atoms with Gasteiger partial charge in [-0.3, -0.25) is 15.1 Å². The van der Waals surface area contributed by atoms with Crippen LogP contribution in [0.15, 0.2) is 23.9 Å². The standard InChI is InChI=1S/C20H29NO4/c1-19(2,3)14-9-12(10-15(18(14)24)20(4,5)6)16-11-13(21-25-16)7-8-17(22)23/h9-11,16,21,24H,7-8H2,1-6H3,(H,22,23). The van der Waals surface area contributed by atoms with Crippen molar-refractivity contribution < 1.29 is 19.8 Å². The third-order valence-corrected chi connectivity index (χ3v) is 4.35. The highest BCUT2D eigenvalue weighted by atomic mass is 16.7. The minimum Gasteiger partial charge on any atom is -0.507 e. The van der Waals surface area contributed by atoms with Crippen LogP contribution in [0.5, 0.6) is 5.75 Å². The van der Waals surface area contributed by atoms with Gasteiger partial charge in [-0.05, 0) is 52.1 Å². The first-order chi connectivity index (χ1) is 11.4. The quantitative estimate of drug-likeness (QED) is 0.756. The number of phenols is 1. The van der Waals surface area contributed by atoms with Gasteiger partial charge in [0.05, 0.1) is 6.42 Å². The van der Waals surface area contributed by atoms with Crippen molar-refractivity contribution in [2.75, 3.05) is 0 Å². The third-order valence-electron chi connectivity index (χ3n) is 4.35. The Kier molecular flexibility index (Phi) is 5.19. The second-order valence-corrected chi connectivity index (χ2v) is 8.69. The number of carbonyl (C=O) groups is 1. The molecule has 1 unspecified atom stereocenters. The van der Waals surface area contributed by atoms with Crippen LogP contribution in [0.25, 0.3) is 0 Å². The van der Waals surface area contributed by atoms with Gasteiger partial charge in [0.15, 0.2) is 0 Å². The number of allylic oxidation sites excluding steroid dienone is 1. The Morgan fingerprint density at radius 2 is 1.64 bits per heavy atom. The van der Waals surface area contributed by atoms with Crippen molar-refractivity contribution >= 4 is 5.97 Å². The fourth-order valence-corrected chi connectivity index (χ4v) is 2.89. The molecule has 1 aliphatic heterocycles. The average Bonchev–Trinajstić information content (AvgIpc) is 2.91. The maximum absolute atomic E-state index is 10.8. The lowest BCUT2D eigenvalue weighted by Gasteiger charge is -2.28. The van der Waals surface area contributed by atoms with Gasteiger partial charge in [0.2, 0.25) is 0 Å². The molecule has 1 aromatic rings. The molecule has 0 fully saturated rings. The molecule has 0 aromatic heterocycles. The molecule has 0 bridgehead atoms. The lowest BCUT2D eigenvalue weighted by atomic mass is 9.78. The Morgan fingerprint density at radius 3 is 2.08 bits per heavy atom. The minimum absolute atomic E-state index is 0.0605. The Balaban J connectivity index is 2.43. The smallest absolute Gasteiger partial charge is 0.303 e. The van der Waals surface area contributed by atoms with E-state index < -0.39 is 5.97 Å². The van der Waals surface area contributed by atoms with Crippen LogP contribution in [0.2, 0.25) is 0 Å². The second kappa shape index (κ2) is 6.71. The predicted molar refractivity (Wildman–Crippen MR) is 97.4 cm³/mol. The van der Waals surface area contributed by atoms with E-state index in [4.69, 9.17) is 9.94 Å². The summed E-state index contributed by atoms with van der Waals surface area (Å²) in [4.78, 5) is 16.4. The zero-order valence-electron chi connectivity index (χ0n) is 15.9. The number of rotatable bonds is 4. The highest BCUT2D eigenvalue weighted by molar-refractivity contribution is 5.67. The summed E-state index contributed by atoms with van der Waals surface area (Å²) in [6, 6.07) is 3.96. The van der Waals surface area contributed by atoms with Crippen LogP contribution in [0.1, 0.15) is 77.2 Å². The normalized spacial score (nSPS) is 18.0. The van der Waals surface area contributed by atoms with E-state index >= 15 is 0 Å². The first-order valence-electron chi connectivity index (χ1n) is 8.61. The van der Waals surface area contributed by atoms with Gasteiger partial charge in [0.1, 0.15) is 11.9 Å². The van der Waals surface area contributed by atoms with Crippen LogP contribution >= 0.6 is 0 Å². The summed E-state index contributed by atoms with van der Waals surface area (Å²) in [6.45, 7) is 12.4. The molecule has 0 amide bonds. The lowest BCUT2D eigenvalue weighted by Crippen LogP contribution is -2.18. The summed E-state index contributed by atoms with van der Waals surface area (Å²) in [5.74, 6) is -0.495. The number of carboxylic acid groups (broad SMARTS) is 1. The van der Waals surface area contributed by atoms with Crippen molar-refractivity contribution in [3.05, 3.63) is 40.6 Å². The van der Waals surface area contributed by atoms with Gasteiger partial charge in [0.25, 0.3) is 0 Å². The van der Waals surface area contributed by atoms with Crippen molar-refractivity contribution in [1.29, 1.82) is 0 Å². The third kappa shape index (κ3) is 4.54. The molecule has 1 heterocycles. The van der Waals surface area contributed by atoms with Crippen molar-refractivity contribution in [3.63, 3.8) is 0 Å². The van der Waals surface area contributed by atoms with Crippen LogP contribution in [0.4, 0.5) is 0 Å². The van der Waals surface area contributed by atoms with Gasteiger partial charge in [-0.25, -0.2) is 0 Å². The fraction of sp³-hybridized carbons (Fsp3) is 0.550. The molecule has 0 spiro atoms. The number of benzene rings is 1. The molecule has 1 aromatic carbocycles. The highest BCUT2D eigenvalue weighted by Gasteiger charge is 2.29. The summed E-state index contributed by atoms with van der Waals surface area (Å²) in [5, 5.41) is 19.6. The van der Waals surface area contributed by atoms with E-state index in [1.54, 1.807) is 0 Å². The minimum atomic E-state index is -0.833. The molecule has 2 rings (SSSR count). The fourth-order valence-electron chi connectivity index (χ4n) is 2.89. The number of aromatic hydroxyl groups is 1. The number of phenolic OH excluding ortho intramolecular Hbond substituents is 1. The van der Waals surface area contributed by atoms with E-state index in [-0.39, 0.29) is 23.4 Å². The SMILES string of the molecule is CC(C)(C)c1cc(C2C=C(CCC(=O)O)NO2)cc(C(C)(C)C)c1O. The first-order valence-corrected chi connectivity index (χ1v) is 8.61. The van der Waals surface area contributed by atoms with E-state index in [9.17, 15) is 9.90 Å². The molecule has 1 atom stereocenters. The van der Waals surface area contributed by atoms with E-state index in [0.717, 1.165) is 22.4 Å². The summed E-state index contributed by atoms with van der Waals surface area (Å²) >= 11 is 0. The number of hydrogen-bond acceptors (Lipinski definition) is 4. The van der Waals surface area contributed by atoms with E-state index in [0.29, 0.717) is 12.2 Å². The van der Waals surface area contributed by atoms with Gasteiger partial charge in [-0.2, -0.15) is 0 Å². The van der Waals surface area contributed by atoms with E-state index in [1.165, 1.54) is 0 Å². The summed E-state index contributed by atoms with van der Waals surface area (Å²) in [5.41, 5.74) is 5.90. The van der Waals surface area contributed by atoms with Crippen LogP contribution < -0.4 is 5.48 Å². The summed E-state index contributed by atoms with van der Waals surface area (Å²) in [7, 11) is 0. The molecule has 5 heteroatoms. The zero-order valence-corrected chi connectivity index (χ0v) is 15.9. The molecule has 25 heavy (non-hydrogen) atoms. The van der Waals surface area contributed by atoms with Crippen LogP contribution in [-0.4, -0.2) is 16.2 Å². The van der Waals surface area contributed by atoms with Gasteiger partial charge in [0, 0.05) is 5.70 Å². The maximum atomic E-state index is 10.8. The number of hydroxylamine groups is 1. The lowest BCUT2D eigenvalue weighted by molar-refractivity contribution is -0.137. The monoisotopic (exact) mass is 347 g/mol.